The zero-order chi connectivity index (χ0) is 7.56. The highest BCUT2D eigenvalue weighted by molar-refractivity contribution is 4.77. The molecule has 1 saturated heterocycles. The Morgan fingerprint density at radius 1 is 1.60 bits per heavy atom. The van der Waals surface area contributed by atoms with Gasteiger partial charge in [0.05, 0.1) is 6.54 Å². The molecule has 0 bridgehead atoms. The van der Waals surface area contributed by atoms with Crippen molar-refractivity contribution >= 4 is 0 Å². The number of nitrogens with zero attached hydrogens (tertiary/aromatic N) is 1. The van der Waals surface area contributed by atoms with Crippen molar-refractivity contribution < 1.29 is 8.78 Å². The number of nitrogens with two attached hydrogens (primary N) is 1. The molecule has 1 fully saturated rings. The van der Waals surface area contributed by atoms with Crippen LogP contribution in [0, 0.1) is 0 Å². The molecular formula is C6H12F2N2. The highest BCUT2D eigenvalue weighted by Crippen LogP contribution is 2.08. The normalized spacial score (nSPS) is 28.2. The highest BCUT2D eigenvalue weighted by Gasteiger charge is 2.21. The Balaban J connectivity index is 2.18. The lowest BCUT2D eigenvalue weighted by atomic mass is 10.3. The maximum Gasteiger partial charge on any atom is 0.251 e. The van der Waals surface area contributed by atoms with Gasteiger partial charge in [-0.3, -0.25) is 4.90 Å². The Labute approximate surface area is 59.0 Å². The topological polar surface area (TPSA) is 29.3 Å². The first-order chi connectivity index (χ1) is 4.68. The third-order valence-electron chi connectivity index (χ3n) is 1.71. The van der Waals surface area contributed by atoms with Crippen LogP contribution in [-0.2, 0) is 0 Å². The second-order valence-corrected chi connectivity index (χ2v) is 2.70. The van der Waals surface area contributed by atoms with Gasteiger partial charge in [-0.05, 0) is 13.0 Å². The van der Waals surface area contributed by atoms with E-state index in [1.165, 1.54) is 0 Å². The second kappa shape index (κ2) is 3.25. The van der Waals surface area contributed by atoms with Crippen molar-refractivity contribution in [2.24, 2.45) is 5.73 Å². The van der Waals surface area contributed by atoms with Crippen molar-refractivity contribution in [3.63, 3.8) is 0 Å². The van der Waals surface area contributed by atoms with E-state index < -0.39 is 6.43 Å². The molecule has 1 aliphatic rings. The first-order valence-corrected chi connectivity index (χ1v) is 3.44. The number of halogens is 2. The number of likely N-dealkylation sites (tertiary alicyclic amines) is 1. The molecule has 0 unspecified atom stereocenters. The summed E-state index contributed by atoms with van der Waals surface area (Å²) in [5.74, 6) is 0. The summed E-state index contributed by atoms with van der Waals surface area (Å²) in [5, 5.41) is 0. The van der Waals surface area contributed by atoms with Crippen LogP contribution in [0.3, 0.4) is 0 Å². The minimum atomic E-state index is -2.22. The van der Waals surface area contributed by atoms with Crippen LogP contribution in [0.5, 0.6) is 0 Å². The average molecular weight is 150 g/mol. The molecular weight excluding hydrogens is 138 g/mol. The molecule has 0 aromatic carbocycles. The van der Waals surface area contributed by atoms with Crippen LogP contribution in [0.25, 0.3) is 0 Å². The monoisotopic (exact) mass is 150 g/mol. The predicted octanol–water partition coefficient (Wildman–Crippen LogP) is 0.284. The van der Waals surface area contributed by atoms with Crippen molar-refractivity contribution in [3.05, 3.63) is 0 Å². The summed E-state index contributed by atoms with van der Waals surface area (Å²) in [6, 6.07) is 0.110. The van der Waals surface area contributed by atoms with Gasteiger partial charge in [0.1, 0.15) is 0 Å². The van der Waals surface area contributed by atoms with Crippen molar-refractivity contribution in [1.82, 2.24) is 4.90 Å². The molecule has 0 aliphatic carbocycles. The third kappa shape index (κ3) is 2.19. The highest BCUT2D eigenvalue weighted by atomic mass is 19.3. The fourth-order valence-electron chi connectivity index (χ4n) is 1.22. The maximum absolute atomic E-state index is 11.7. The van der Waals surface area contributed by atoms with E-state index in [2.05, 4.69) is 0 Å². The maximum atomic E-state index is 11.7. The van der Waals surface area contributed by atoms with Gasteiger partial charge in [0, 0.05) is 12.6 Å². The number of alkyl halides is 2. The van der Waals surface area contributed by atoms with Crippen molar-refractivity contribution in [3.8, 4) is 0 Å². The summed E-state index contributed by atoms with van der Waals surface area (Å²) in [7, 11) is 0. The number of hydrogen-bond donors (Lipinski definition) is 1. The van der Waals surface area contributed by atoms with Crippen molar-refractivity contribution in [1.29, 1.82) is 0 Å². The van der Waals surface area contributed by atoms with E-state index in [0.29, 0.717) is 6.54 Å². The summed E-state index contributed by atoms with van der Waals surface area (Å²) in [5.41, 5.74) is 5.51. The zero-order valence-corrected chi connectivity index (χ0v) is 5.76. The van der Waals surface area contributed by atoms with Crippen LogP contribution in [0.2, 0.25) is 0 Å². The van der Waals surface area contributed by atoms with Gasteiger partial charge in [0.25, 0.3) is 6.43 Å². The van der Waals surface area contributed by atoms with E-state index in [-0.39, 0.29) is 12.6 Å². The Hall–Kier alpha value is -0.220. The number of rotatable bonds is 2. The van der Waals surface area contributed by atoms with Crippen LogP contribution in [-0.4, -0.2) is 37.0 Å². The molecule has 1 aliphatic heterocycles. The predicted molar refractivity (Wildman–Crippen MR) is 35.0 cm³/mol. The van der Waals surface area contributed by atoms with Gasteiger partial charge >= 0.3 is 0 Å². The summed E-state index contributed by atoms with van der Waals surface area (Å²) in [6.45, 7) is 1.24. The Kier molecular flexibility index (Phi) is 2.56. The largest absolute Gasteiger partial charge is 0.326 e. The average Bonchev–Trinajstić information content (AvgIpc) is 2.13. The van der Waals surface area contributed by atoms with E-state index in [9.17, 15) is 8.78 Å². The fourth-order valence-corrected chi connectivity index (χ4v) is 1.22. The lowest BCUT2D eigenvalue weighted by Gasteiger charge is -2.13. The van der Waals surface area contributed by atoms with Gasteiger partial charge in [-0.2, -0.15) is 0 Å². The molecule has 0 radical (unpaired) electrons. The number of hydrogen-bond acceptors (Lipinski definition) is 2. The summed E-state index contributed by atoms with van der Waals surface area (Å²) < 4.78 is 23.5. The second-order valence-electron chi connectivity index (χ2n) is 2.70. The van der Waals surface area contributed by atoms with Gasteiger partial charge < -0.3 is 5.73 Å². The molecule has 4 heteroatoms. The molecule has 0 aromatic heterocycles. The third-order valence-corrected chi connectivity index (χ3v) is 1.71. The Morgan fingerprint density at radius 3 is 2.70 bits per heavy atom. The SMILES string of the molecule is N[C@H]1CCN(CC(F)F)C1. The fraction of sp³-hybridized carbons (Fsp3) is 1.00. The van der Waals surface area contributed by atoms with Crippen LogP contribution in [0.4, 0.5) is 8.78 Å². The standard InChI is InChI=1S/C6H12F2N2/c7-6(8)4-10-2-1-5(9)3-10/h5-6H,1-4,9H2/t5-/m0/s1. The van der Waals surface area contributed by atoms with Crippen molar-refractivity contribution in [2.75, 3.05) is 19.6 Å². The molecule has 10 heavy (non-hydrogen) atoms. The van der Waals surface area contributed by atoms with Gasteiger partial charge in [-0.1, -0.05) is 0 Å². The summed E-state index contributed by atoms with van der Waals surface area (Å²) in [6.07, 6.45) is -1.36. The Morgan fingerprint density at radius 2 is 2.30 bits per heavy atom. The molecule has 2 N–H and O–H groups in total. The first kappa shape index (κ1) is 7.88. The van der Waals surface area contributed by atoms with E-state index in [1.54, 1.807) is 4.90 Å². The zero-order valence-electron chi connectivity index (χ0n) is 5.76. The van der Waals surface area contributed by atoms with Crippen LogP contribution in [0.1, 0.15) is 6.42 Å². The first-order valence-electron chi connectivity index (χ1n) is 3.44. The van der Waals surface area contributed by atoms with E-state index in [0.717, 1.165) is 13.0 Å². The van der Waals surface area contributed by atoms with E-state index >= 15 is 0 Å². The lowest BCUT2D eigenvalue weighted by molar-refractivity contribution is 0.0991. The quantitative estimate of drug-likeness (QED) is 0.612. The molecule has 1 heterocycles. The lowest BCUT2D eigenvalue weighted by Crippen LogP contribution is -2.30. The molecule has 0 amide bonds. The molecule has 2 nitrogen and oxygen atoms in total. The van der Waals surface area contributed by atoms with Crippen LogP contribution >= 0.6 is 0 Å². The van der Waals surface area contributed by atoms with Crippen LogP contribution < -0.4 is 5.73 Å². The molecule has 0 aromatic rings. The molecule has 0 spiro atoms. The van der Waals surface area contributed by atoms with Crippen LogP contribution in [0.15, 0.2) is 0 Å². The minimum absolute atomic E-state index is 0.110. The van der Waals surface area contributed by atoms with Gasteiger partial charge in [0.2, 0.25) is 0 Å². The Bertz CT molecular complexity index is 108. The van der Waals surface area contributed by atoms with Crippen molar-refractivity contribution in [2.45, 2.75) is 18.9 Å². The molecule has 60 valence electrons. The van der Waals surface area contributed by atoms with Gasteiger partial charge in [0.15, 0.2) is 0 Å². The molecule has 1 atom stereocenters. The molecule has 1 rings (SSSR count). The van der Waals surface area contributed by atoms with E-state index in [4.69, 9.17) is 5.73 Å². The smallest absolute Gasteiger partial charge is 0.251 e. The van der Waals surface area contributed by atoms with E-state index in [1.807, 2.05) is 0 Å². The van der Waals surface area contributed by atoms with Gasteiger partial charge in [-0.25, -0.2) is 8.78 Å². The van der Waals surface area contributed by atoms with Gasteiger partial charge in [-0.15, -0.1) is 0 Å². The summed E-state index contributed by atoms with van der Waals surface area (Å²) in [4.78, 5) is 1.70. The summed E-state index contributed by atoms with van der Waals surface area (Å²) >= 11 is 0. The molecule has 0 saturated carbocycles. The minimum Gasteiger partial charge on any atom is -0.326 e.